The molecule has 29 heavy (non-hydrogen) atoms. The molecule has 1 fully saturated rings. The van der Waals surface area contributed by atoms with E-state index in [-0.39, 0.29) is 11.9 Å². The van der Waals surface area contributed by atoms with Crippen molar-refractivity contribution in [3.05, 3.63) is 59.0 Å². The standard InChI is InChI=1S/C21H19NO4S3/c1-3-25-20(24)13(2)26-15-8-10-16(11-9-15)28-17-7-5-4-6-14(17)12-18-19(23)22-21(27)29-18/h4-13H,3H2,1-2H3,(H,22,23,27). The van der Waals surface area contributed by atoms with E-state index in [4.69, 9.17) is 21.7 Å². The van der Waals surface area contributed by atoms with Crippen molar-refractivity contribution in [3.8, 4) is 5.75 Å². The summed E-state index contributed by atoms with van der Waals surface area (Å²) in [4.78, 5) is 26.2. The molecule has 1 N–H and O–H groups in total. The molecule has 1 heterocycles. The fourth-order valence-electron chi connectivity index (χ4n) is 2.48. The molecule has 0 bridgehead atoms. The normalized spacial score (nSPS) is 15.9. The van der Waals surface area contributed by atoms with Gasteiger partial charge in [0.05, 0.1) is 11.5 Å². The van der Waals surface area contributed by atoms with Gasteiger partial charge in [0.2, 0.25) is 0 Å². The third-order valence-electron chi connectivity index (χ3n) is 3.83. The van der Waals surface area contributed by atoms with E-state index >= 15 is 0 Å². The van der Waals surface area contributed by atoms with Crippen molar-refractivity contribution in [3.63, 3.8) is 0 Å². The highest BCUT2D eigenvalue weighted by atomic mass is 32.2. The van der Waals surface area contributed by atoms with E-state index in [0.717, 1.165) is 15.4 Å². The van der Waals surface area contributed by atoms with Gasteiger partial charge in [-0.2, -0.15) is 0 Å². The van der Waals surface area contributed by atoms with Gasteiger partial charge in [-0.05, 0) is 55.8 Å². The number of benzene rings is 2. The van der Waals surface area contributed by atoms with Crippen LogP contribution in [0.25, 0.3) is 6.08 Å². The molecule has 0 saturated carbocycles. The quantitative estimate of drug-likeness (QED) is 0.378. The second-order valence-corrected chi connectivity index (χ2v) is 8.81. The predicted octanol–water partition coefficient (Wildman–Crippen LogP) is 4.66. The molecule has 1 unspecified atom stereocenters. The Hall–Kier alpha value is -2.29. The first-order chi connectivity index (χ1) is 14.0. The number of rotatable bonds is 7. The summed E-state index contributed by atoms with van der Waals surface area (Å²) in [5, 5.41) is 2.63. The van der Waals surface area contributed by atoms with E-state index in [9.17, 15) is 9.59 Å². The maximum absolute atomic E-state index is 11.9. The third kappa shape index (κ3) is 5.85. The summed E-state index contributed by atoms with van der Waals surface area (Å²) in [5.74, 6) is 0.0380. The van der Waals surface area contributed by atoms with Gasteiger partial charge in [0.15, 0.2) is 6.10 Å². The molecule has 0 aromatic heterocycles. The average molecular weight is 446 g/mol. The SMILES string of the molecule is CCOC(=O)C(C)Oc1ccc(Sc2ccccc2C=C2SC(=S)NC2=O)cc1. The van der Waals surface area contributed by atoms with Gasteiger partial charge >= 0.3 is 5.97 Å². The van der Waals surface area contributed by atoms with Gasteiger partial charge in [-0.25, -0.2) is 4.79 Å². The van der Waals surface area contributed by atoms with Crippen LogP contribution in [0.4, 0.5) is 0 Å². The molecular weight excluding hydrogens is 426 g/mol. The minimum Gasteiger partial charge on any atom is -0.479 e. The summed E-state index contributed by atoms with van der Waals surface area (Å²) in [5.41, 5.74) is 0.941. The Balaban J connectivity index is 1.71. The van der Waals surface area contributed by atoms with Crippen LogP contribution >= 0.6 is 35.7 Å². The molecule has 1 saturated heterocycles. The molecule has 1 amide bonds. The zero-order valence-corrected chi connectivity index (χ0v) is 18.3. The number of esters is 1. The van der Waals surface area contributed by atoms with Crippen LogP contribution in [0.2, 0.25) is 0 Å². The predicted molar refractivity (Wildman–Crippen MR) is 120 cm³/mol. The second kappa shape index (κ2) is 9.96. The second-order valence-electron chi connectivity index (χ2n) is 5.98. The lowest BCUT2D eigenvalue weighted by atomic mass is 10.2. The molecule has 0 spiro atoms. The van der Waals surface area contributed by atoms with Crippen LogP contribution in [0.15, 0.2) is 63.2 Å². The number of carbonyl (C=O) groups is 2. The Morgan fingerprint density at radius 3 is 2.62 bits per heavy atom. The lowest BCUT2D eigenvalue weighted by molar-refractivity contribution is -0.150. The van der Waals surface area contributed by atoms with Crippen molar-refractivity contribution < 1.29 is 19.1 Å². The van der Waals surface area contributed by atoms with Crippen LogP contribution in [0.5, 0.6) is 5.75 Å². The molecule has 2 aromatic rings. The maximum atomic E-state index is 11.9. The Morgan fingerprint density at radius 1 is 1.24 bits per heavy atom. The smallest absolute Gasteiger partial charge is 0.347 e. The van der Waals surface area contributed by atoms with Crippen LogP contribution in [0, 0.1) is 0 Å². The molecule has 0 radical (unpaired) electrons. The van der Waals surface area contributed by atoms with Gasteiger partial charge in [-0.15, -0.1) is 0 Å². The van der Waals surface area contributed by atoms with Gasteiger partial charge in [0.1, 0.15) is 10.1 Å². The van der Waals surface area contributed by atoms with Crippen molar-refractivity contribution >= 4 is 58.0 Å². The van der Waals surface area contributed by atoms with Gasteiger partial charge in [0, 0.05) is 9.79 Å². The van der Waals surface area contributed by atoms with Crippen molar-refractivity contribution in [1.82, 2.24) is 5.32 Å². The Bertz CT molecular complexity index is 957. The summed E-state index contributed by atoms with van der Waals surface area (Å²) in [6.07, 6.45) is 1.18. The van der Waals surface area contributed by atoms with Gasteiger partial charge < -0.3 is 14.8 Å². The maximum Gasteiger partial charge on any atom is 0.347 e. The third-order valence-corrected chi connectivity index (χ3v) is 6.09. The zero-order chi connectivity index (χ0) is 20.8. The summed E-state index contributed by atoms with van der Waals surface area (Å²) in [6.45, 7) is 3.74. The number of thioether (sulfide) groups is 1. The number of carbonyl (C=O) groups excluding carboxylic acids is 2. The van der Waals surface area contributed by atoms with E-state index in [2.05, 4.69) is 5.32 Å². The first-order valence-electron chi connectivity index (χ1n) is 8.91. The van der Waals surface area contributed by atoms with Crippen LogP contribution in [0.3, 0.4) is 0 Å². The highest BCUT2D eigenvalue weighted by Crippen LogP contribution is 2.34. The molecule has 8 heteroatoms. The van der Waals surface area contributed by atoms with Crippen LogP contribution in [-0.2, 0) is 14.3 Å². The number of nitrogens with one attached hydrogen (secondary N) is 1. The van der Waals surface area contributed by atoms with Crippen molar-refractivity contribution in [1.29, 1.82) is 0 Å². The summed E-state index contributed by atoms with van der Waals surface area (Å²) in [7, 11) is 0. The lowest BCUT2D eigenvalue weighted by Gasteiger charge is -2.13. The van der Waals surface area contributed by atoms with Gasteiger partial charge in [-0.3, -0.25) is 4.79 Å². The van der Waals surface area contributed by atoms with E-state index in [1.54, 1.807) is 25.6 Å². The lowest BCUT2D eigenvalue weighted by Crippen LogP contribution is -2.25. The molecule has 1 aliphatic heterocycles. The Morgan fingerprint density at radius 2 is 1.97 bits per heavy atom. The highest BCUT2D eigenvalue weighted by Gasteiger charge is 2.22. The van der Waals surface area contributed by atoms with E-state index in [1.807, 2.05) is 54.6 Å². The monoisotopic (exact) mass is 445 g/mol. The average Bonchev–Trinajstić information content (AvgIpc) is 3.02. The Kier molecular flexibility index (Phi) is 7.35. The van der Waals surface area contributed by atoms with Crippen LogP contribution in [0.1, 0.15) is 19.4 Å². The number of amides is 1. The Labute approximate surface area is 183 Å². The van der Waals surface area contributed by atoms with Crippen molar-refractivity contribution in [2.24, 2.45) is 0 Å². The zero-order valence-electron chi connectivity index (χ0n) is 15.8. The first-order valence-corrected chi connectivity index (χ1v) is 11.0. The van der Waals surface area contributed by atoms with E-state index < -0.39 is 6.10 Å². The number of hydrogen-bond acceptors (Lipinski definition) is 7. The summed E-state index contributed by atoms with van der Waals surface area (Å²) < 4.78 is 11.0. The van der Waals surface area contributed by atoms with E-state index in [0.29, 0.717) is 21.6 Å². The highest BCUT2D eigenvalue weighted by molar-refractivity contribution is 8.26. The minimum absolute atomic E-state index is 0.169. The molecule has 0 aliphatic carbocycles. The minimum atomic E-state index is -0.665. The molecule has 1 atom stereocenters. The van der Waals surface area contributed by atoms with Crippen molar-refractivity contribution in [2.75, 3.05) is 6.61 Å². The van der Waals surface area contributed by atoms with Crippen LogP contribution < -0.4 is 10.1 Å². The number of thiocarbonyl (C=S) groups is 1. The van der Waals surface area contributed by atoms with E-state index in [1.165, 1.54) is 11.8 Å². The molecule has 2 aromatic carbocycles. The fourth-order valence-corrected chi connectivity index (χ4v) is 4.43. The summed E-state index contributed by atoms with van der Waals surface area (Å²) in [6, 6.07) is 15.3. The van der Waals surface area contributed by atoms with Crippen LogP contribution in [-0.4, -0.2) is 28.9 Å². The molecule has 5 nitrogen and oxygen atoms in total. The van der Waals surface area contributed by atoms with Gasteiger partial charge in [-0.1, -0.05) is 53.9 Å². The topological polar surface area (TPSA) is 64.6 Å². The number of ether oxygens (including phenoxy) is 2. The largest absolute Gasteiger partial charge is 0.479 e. The summed E-state index contributed by atoms with van der Waals surface area (Å²) >= 11 is 7.89. The molecule has 150 valence electrons. The molecule has 1 aliphatic rings. The van der Waals surface area contributed by atoms with Crippen molar-refractivity contribution in [2.45, 2.75) is 29.7 Å². The number of hydrogen-bond donors (Lipinski definition) is 1. The fraction of sp³-hybridized carbons (Fsp3) is 0.190. The first kappa shape index (κ1) is 21.4. The molecule has 3 rings (SSSR count). The molecular formula is C21H19NO4S3. The van der Waals surface area contributed by atoms with Gasteiger partial charge in [0.25, 0.3) is 5.91 Å².